The Morgan fingerprint density at radius 2 is 2.00 bits per heavy atom. The van der Waals surface area contributed by atoms with Crippen LogP contribution < -0.4 is 4.74 Å². The van der Waals surface area contributed by atoms with E-state index in [1.807, 2.05) is 30.3 Å². The predicted molar refractivity (Wildman–Crippen MR) is 55.4 cm³/mol. The molecule has 14 heavy (non-hydrogen) atoms. The van der Waals surface area contributed by atoms with Crippen molar-refractivity contribution in [3.63, 3.8) is 0 Å². The molecule has 2 heteroatoms. The van der Waals surface area contributed by atoms with E-state index >= 15 is 0 Å². The van der Waals surface area contributed by atoms with Crippen molar-refractivity contribution in [2.45, 2.75) is 12.5 Å². The maximum absolute atomic E-state index is 5.65. The van der Waals surface area contributed by atoms with E-state index in [1.54, 1.807) is 7.11 Å². The van der Waals surface area contributed by atoms with Crippen molar-refractivity contribution in [2.24, 2.45) is 0 Å². The molecule has 0 aliphatic carbocycles. The summed E-state index contributed by atoms with van der Waals surface area (Å²) in [5.41, 5.74) is 0.902. The van der Waals surface area contributed by atoms with Crippen LogP contribution >= 0.6 is 0 Å². The molecule has 0 spiro atoms. The largest absolute Gasteiger partial charge is 0.497 e. The Hall–Kier alpha value is -1.28. The number of benzene rings is 1. The molecule has 2 nitrogen and oxygen atoms in total. The molecule has 0 saturated carbocycles. The summed E-state index contributed by atoms with van der Waals surface area (Å²) in [6.07, 6.45) is 4.14. The van der Waals surface area contributed by atoms with Gasteiger partial charge >= 0.3 is 0 Å². The Morgan fingerprint density at radius 1 is 1.29 bits per heavy atom. The zero-order valence-electron chi connectivity index (χ0n) is 8.49. The van der Waals surface area contributed by atoms with Crippen molar-refractivity contribution < 1.29 is 9.47 Å². The van der Waals surface area contributed by atoms with Gasteiger partial charge in [-0.25, -0.2) is 0 Å². The molecule has 0 bridgehead atoms. The van der Waals surface area contributed by atoms with Gasteiger partial charge in [0.15, 0.2) is 0 Å². The van der Waals surface area contributed by atoms with Gasteiger partial charge in [0.1, 0.15) is 11.4 Å². The third-order valence-electron chi connectivity index (χ3n) is 2.58. The van der Waals surface area contributed by atoms with Crippen molar-refractivity contribution in [3.05, 3.63) is 42.0 Å². The first-order valence-corrected chi connectivity index (χ1v) is 4.71. The fourth-order valence-electron chi connectivity index (χ4n) is 1.64. The van der Waals surface area contributed by atoms with Crippen LogP contribution in [-0.2, 0) is 10.3 Å². The van der Waals surface area contributed by atoms with E-state index in [4.69, 9.17) is 9.47 Å². The molecular formula is C12H14O2. The SMILES string of the molecule is COc1ccc([C@@]2(C)C=CCO2)cc1. The van der Waals surface area contributed by atoms with Gasteiger partial charge in [-0.15, -0.1) is 0 Å². The number of ether oxygens (including phenoxy) is 2. The van der Waals surface area contributed by atoms with E-state index < -0.39 is 0 Å². The van der Waals surface area contributed by atoms with Crippen LogP contribution in [-0.4, -0.2) is 13.7 Å². The van der Waals surface area contributed by atoms with Crippen LogP contribution in [0.2, 0.25) is 0 Å². The molecule has 1 aromatic carbocycles. The lowest BCUT2D eigenvalue weighted by atomic mass is 9.96. The molecule has 1 aromatic rings. The Bertz CT molecular complexity index is 340. The fourth-order valence-corrected chi connectivity index (χ4v) is 1.64. The number of hydrogen-bond acceptors (Lipinski definition) is 2. The zero-order chi connectivity index (χ0) is 10.0. The maximum Gasteiger partial charge on any atom is 0.118 e. The van der Waals surface area contributed by atoms with Gasteiger partial charge in [-0.05, 0) is 24.6 Å². The number of rotatable bonds is 2. The molecule has 0 saturated heterocycles. The first-order valence-electron chi connectivity index (χ1n) is 4.71. The van der Waals surface area contributed by atoms with Crippen LogP contribution in [0.4, 0.5) is 0 Å². The van der Waals surface area contributed by atoms with Crippen molar-refractivity contribution in [1.29, 1.82) is 0 Å². The molecule has 0 aromatic heterocycles. The fraction of sp³-hybridized carbons (Fsp3) is 0.333. The first kappa shape index (κ1) is 9.28. The minimum atomic E-state index is -0.258. The summed E-state index contributed by atoms with van der Waals surface area (Å²) >= 11 is 0. The smallest absolute Gasteiger partial charge is 0.118 e. The second kappa shape index (κ2) is 3.46. The highest BCUT2D eigenvalue weighted by molar-refractivity contribution is 5.34. The third kappa shape index (κ3) is 1.53. The molecule has 2 rings (SSSR count). The van der Waals surface area contributed by atoms with Gasteiger partial charge < -0.3 is 9.47 Å². The van der Waals surface area contributed by atoms with E-state index in [2.05, 4.69) is 13.0 Å². The van der Waals surface area contributed by atoms with Gasteiger partial charge in [-0.3, -0.25) is 0 Å². The first-order chi connectivity index (χ1) is 6.74. The van der Waals surface area contributed by atoms with E-state index in [-0.39, 0.29) is 5.60 Å². The Morgan fingerprint density at radius 3 is 2.50 bits per heavy atom. The highest BCUT2D eigenvalue weighted by Gasteiger charge is 2.26. The van der Waals surface area contributed by atoms with Crippen LogP contribution in [0.15, 0.2) is 36.4 Å². The van der Waals surface area contributed by atoms with Gasteiger partial charge in [-0.1, -0.05) is 24.3 Å². The van der Waals surface area contributed by atoms with Crippen molar-refractivity contribution in [3.8, 4) is 5.75 Å². The maximum atomic E-state index is 5.65. The van der Waals surface area contributed by atoms with Crippen molar-refractivity contribution in [2.75, 3.05) is 13.7 Å². The molecule has 1 heterocycles. The Balaban J connectivity index is 2.28. The second-order valence-corrected chi connectivity index (χ2v) is 3.55. The third-order valence-corrected chi connectivity index (χ3v) is 2.58. The summed E-state index contributed by atoms with van der Waals surface area (Å²) in [6, 6.07) is 7.98. The highest BCUT2D eigenvalue weighted by Crippen LogP contribution is 2.31. The second-order valence-electron chi connectivity index (χ2n) is 3.55. The highest BCUT2D eigenvalue weighted by atomic mass is 16.5. The molecule has 0 unspecified atom stereocenters. The molecule has 0 radical (unpaired) electrons. The van der Waals surface area contributed by atoms with E-state index in [0.717, 1.165) is 11.3 Å². The number of methoxy groups -OCH3 is 1. The summed E-state index contributed by atoms with van der Waals surface area (Å²) in [6.45, 7) is 2.76. The van der Waals surface area contributed by atoms with Crippen molar-refractivity contribution >= 4 is 0 Å². The van der Waals surface area contributed by atoms with Gasteiger partial charge in [0.2, 0.25) is 0 Å². The average Bonchev–Trinajstić information content (AvgIpc) is 2.67. The standard InChI is InChI=1S/C12H14O2/c1-12(8-3-9-14-12)10-4-6-11(13-2)7-5-10/h3-8H,9H2,1-2H3/t12-/m1/s1. The lowest BCUT2D eigenvalue weighted by Gasteiger charge is -2.22. The van der Waals surface area contributed by atoms with E-state index in [9.17, 15) is 0 Å². The van der Waals surface area contributed by atoms with Gasteiger partial charge in [0.05, 0.1) is 13.7 Å². The minimum Gasteiger partial charge on any atom is -0.497 e. The van der Waals surface area contributed by atoms with Crippen molar-refractivity contribution in [1.82, 2.24) is 0 Å². The van der Waals surface area contributed by atoms with Gasteiger partial charge in [-0.2, -0.15) is 0 Å². The monoisotopic (exact) mass is 190 g/mol. The number of hydrogen-bond donors (Lipinski definition) is 0. The molecule has 74 valence electrons. The predicted octanol–water partition coefficient (Wildman–Crippen LogP) is 2.50. The lowest BCUT2D eigenvalue weighted by molar-refractivity contribution is 0.0390. The van der Waals surface area contributed by atoms with Crippen LogP contribution in [0, 0.1) is 0 Å². The molecule has 0 amide bonds. The normalized spacial score (nSPS) is 25.3. The van der Waals surface area contributed by atoms with Crippen LogP contribution in [0.5, 0.6) is 5.75 Å². The molecule has 0 fully saturated rings. The van der Waals surface area contributed by atoms with Gasteiger partial charge in [0.25, 0.3) is 0 Å². The molecular weight excluding hydrogens is 176 g/mol. The molecule has 1 aliphatic heterocycles. The zero-order valence-corrected chi connectivity index (χ0v) is 8.49. The lowest BCUT2D eigenvalue weighted by Crippen LogP contribution is -2.18. The average molecular weight is 190 g/mol. The Labute approximate surface area is 84.2 Å². The summed E-state index contributed by atoms with van der Waals surface area (Å²) in [4.78, 5) is 0. The summed E-state index contributed by atoms with van der Waals surface area (Å²) in [5, 5.41) is 0. The molecule has 1 aliphatic rings. The summed E-state index contributed by atoms with van der Waals surface area (Å²) in [5.74, 6) is 0.874. The van der Waals surface area contributed by atoms with Crippen LogP contribution in [0.25, 0.3) is 0 Å². The molecule has 1 atom stereocenters. The summed E-state index contributed by atoms with van der Waals surface area (Å²) in [7, 11) is 1.67. The van der Waals surface area contributed by atoms with Crippen LogP contribution in [0.3, 0.4) is 0 Å². The minimum absolute atomic E-state index is 0.258. The topological polar surface area (TPSA) is 18.5 Å². The Kier molecular flexibility index (Phi) is 2.30. The summed E-state index contributed by atoms with van der Waals surface area (Å²) < 4.78 is 10.8. The molecule has 0 N–H and O–H groups in total. The van der Waals surface area contributed by atoms with Crippen LogP contribution in [0.1, 0.15) is 12.5 Å². The quantitative estimate of drug-likeness (QED) is 0.667. The van der Waals surface area contributed by atoms with Gasteiger partial charge in [0, 0.05) is 0 Å². The van der Waals surface area contributed by atoms with E-state index in [0.29, 0.717) is 6.61 Å². The van der Waals surface area contributed by atoms with E-state index in [1.165, 1.54) is 0 Å².